The minimum atomic E-state index is -0.0333. The summed E-state index contributed by atoms with van der Waals surface area (Å²) in [4.78, 5) is 11.8. The highest BCUT2D eigenvalue weighted by atomic mass is 32.1. The largest absolute Gasteiger partial charge is 0.396 e. The highest BCUT2D eigenvalue weighted by Crippen LogP contribution is 2.13. The van der Waals surface area contributed by atoms with Gasteiger partial charge in [-0.05, 0) is 30.7 Å². The van der Waals surface area contributed by atoms with E-state index in [0.29, 0.717) is 6.42 Å². The van der Waals surface area contributed by atoms with E-state index in [4.69, 9.17) is 5.11 Å². The fourth-order valence-corrected chi connectivity index (χ4v) is 2.22. The van der Waals surface area contributed by atoms with Crippen molar-refractivity contribution in [3.05, 3.63) is 21.9 Å². The Hall–Kier alpha value is -0.870. The molecule has 1 rings (SSSR count). The number of carbonyl (C=O) groups excluding carboxylic acids is 1. The van der Waals surface area contributed by atoms with Gasteiger partial charge in [-0.15, -0.1) is 0 Å². The highest BCUT2D eigenvalue weighted by molar-refractivity contribution is 7.08. The van der Waals surface area contributed by atoms with E-state index in [1.807, 2.05) is 24.6 Å². The van der Waals surface area contributed by atoms with E-state index in [1.54, 1.807) is 0 Å². The summed E-state index contributed by atoms with van der Waals surface area (Å²) < 4.78 is 0. The van der Waals surface area contributed by atoms with Crippen LogP contribution in [0.3, 0.4) is 0 Å². The van der Waals surface area contributed by atoms with Gasteiger partial charge in [-0.3, -0.25) is 4.79 Å². The van der Waals surface area contributed by atoms with E-state index in [9.17, 15) is 4.79 Å². The molecular formula is C11H17NO2S. The third-order valence-corrected chi connectivity index (χ3v) is 3.27. The number of carbonyl (C=O) groups is 1. The zero-order valence-electron chi connectivity index (χ0n) is 9.12. The topological polar surface area (TPSA) is 49.3 Å². The smallest absolute Gasteiger partial charge is 0.252 e. The zero-order chi connectivity index (χ0) is 11.3. The quantitative estimate of drug-likeness (QED) is 0.807. The fourth-order valence-electron chi connectivity index (χ4n) is 1.39. The van der Waals surface area contributed by atoms with Gasteiger partial charge in [-0.2, -0.15) is 11.3 Å². The van der Waals surface area contributed by atoms with E-state index in [-0.39, 0.29) is 18.6 Å². The lowest BCUT2D eigenvalue weighted by Crippen LogP contribution is -2.35. The monoisotopic (exact) mass is 227 g/mol. The van der Waals surface area contributed by atoms with Gasteiger partial charge in [0.15, 0.2) is 0 Å². The molecule has 0 aliphatic carbocycles. The van der Waals surface area contributed by atoms with Crippen LogP contribution < -0.4 is 5.32 Å². The number of aryl methyl sites for hydroxylation is 1. The number of amides is 1. The minimum absolute atomic E-state index is 0.0333. The second-order valence-electron chi connectivity index (χ2n) is 3.56. The SMILES string of the molecule is CCC(CCO)NC(=O)c1cscc1C. The van der Waals surface area contributed by atoms with E-state index < -0.39 is 0 Å². The van der Waals surface area contributed by atoms with E-state index in [2.05, 4.69) is 5.32 Å². The first-order valence-electron chi connectivity index (χ1n) is 5.13. The third-order valence-electron chi connectivity index (χ3n) is 2.41. The molecule has 1 heterocycles. The molecule has 1 atom stereocenters. The number of aliphatic hydroxyl groups is 1. The summed E-state index contributed by atoms with van der Waals surface area (Å²) in [6.07, 6.45) is 1.46. The number of hydrogen-bond donors (Lipinski definition) is 2. The summed E-state index contributed by atoms with van der Waals surface area (Å²) in [6.45, 7) is 4.04. The molecule has 1 unspecified atom stereocenters. The molecule has 1 aromatic rings. The number of rotatable bonds is 5. The summed E-state index contributed by atoms with van der Waals surface area (Å²) in [6, 6.07) is 0.0711. The molecule has 1 aromatic heterocycles. The lowest BCUT2D eigenvalue weighted by atomic mass is 10.1. The van der Waals surface area contributed by atoms with E-state index in [0.717, 1.165) is 17.5 Å². The molecule has 0 aromatic carbocycles. The van der Waals surface area contributed by atoms with Crippen molar-refractivity contribution in [1.82, 2.24) is 5.32 Å². The molecule has 0 spiro atoms. The van der Waals surface area contributed by atoms with Gasteiger partial charge in [0.05, 0.1) is 5.56 Å². The standard InChI is InChI=1S/C11H17NO2S/c1-3-9(4-5-13)12-11(14)10-7-15-6-8(10)2/h6-7,9,13H,3-5H2,1-2H3,(H,12,14). The maximum atomic E-state index is 11.8. The number of hydrogen-bond acceptors (Lipinski definition) is 3. The van der Waals surface area contributed by atoms with Crippen LogP contribution >= 0.6 is 11.3 Å². The molecule has 2 N–H and O–H groups in total. The van der Waals surface area contributed by atoms with Crippen molar-refractivity contribution in [2.45, 2.75) is 32.7 Å². The Morgan fingerprint density at radius 1 is 1.60 bits per heavy atom. The molecule has 4 heteroatoms. The van der Waals surface area contributed by atoms with Gasteiger partial charge in [0.1, 0.15) is 0 Å². The van der Waals surface area contributed by atoms with Crippen LogP contribution in [0, 0.1) is 6.92 Å². The molecule has 3 nitrogen and oxygen atoms in total. The van der Waals surface area contributed by atoms with Crippen LogP contribution in [0.2, 0.25) is 0 Å². The second kappa shape index (κ2) is 5.88. The first-order valence-corrected chi connectivity index (χ1v) is 6.07. The van der Waals surface area contributed by atoms with Gasteiger partial charge in [0.25, 0.3) is 5.91 Å². The minimum Gasteiger partial charge on any atom is -0.396 e. The van der Waals surface area contributed by atoms with E-state index in [1.165, 1.54) is 11.3 Å². The van der Waals surface area contributed by atoms with Crippen molar-refractivity contribution in [1.29, 1.82) is 0 Å². The molecule has 15 heavy (non-hydrogen) atoms. The Bertz CT molecular complexity index is 322. The van der Waals surface area contributed by atoms with Crippen molar-refractivity contribution in [2.24, 2.45) is 0 Å². The predicted molar refractivity (Wildman–Crippen MR) is 62.3 cm³/mol. The summed E-state index contributed by atoms with van der Waals surface area (Å²) >= 11 is 1.53. The van der Waals surface area contributed by atoms with Gasteiger partial charge in [-0.25, -0.2) is 0 Å². The first kappa shape index (κ1) is 12.2. The maximum Gasteiger partial charge on any atom is 0.252 e. The van der Waals surface area contributed by atoms with Crippen LogP contribution in [0.5, 0.6) is 0 Å². The first-order chi connectivity index (χ1) is 7.19. The molecule has 0 aliphatic rings. The molecule has 0 saturated heterocycles. The summed E-state index contributed by atoms with van der Waals surface area (Å²) in [5.74, 6) is -0.0333. The predicted octanol–water partition coefficient (Wildman–Crippen LogP) is 1.95. The van der Waals surface area contributed by atoms with Gasteiger partial charge >= 0.3 is 0 Å². The van der Waals surface area contributed by atoms with Crippen LogP contribution in [0.4, 0.5) is 0 Å². The van der Waals surface area contributed by atoms with Crippen LogP contribution in [0.15, 0.2) is 10.8 Å². The molecule has 0 bridgehead atoms. The van der Waals surface area contributed by atoms with Crippen molar-refractivity contribution in [3.63, 3.8) is 0 Å². The molecular weight excluding hydrogens is 210 g/mol. The molecule has 0 saturated carbocycles. The Balaban J connectivity index is 2.58. The van der Waals surface area contributed by atoms with Crippen LogP contribution in [0.25, 0.3) is 0 Å². The molecule has 0 aliphatic heterocycles. The third kappa shape index (κ3) is 3.32. The lowest BCUT2D eigenvalue weighted by Gasteiger charge is -2.15. The average molecular weight is 227 g/mol. The van der Waals surface area contributed by atoms with Crippen LogP contribution in [0.1, 0.15) is 35.7 Å². The number of aliphatic hydroxyl groups excluding tert-OH is 1. The second-order valence-corrected chi connectivity index (χ2v) is 4.30. The normalized spacial score (nSPS) is 12.5. The van der Waals surface area contributed by atoms with Gasteiger partial charge in [-0.1, -0.05) is 6.92 Å². The number of nitrogens with one attached hydrogen (secondary N) is 1. The van der Waals surface area contributed by atoms with Crippen molar-refractivity contribution >= 4 is 17.2 Å². The summed E-state index contributed by atoms with van der Waals surface area (Å²) in [7, 11) is 0. The highest BCUT2D eigenvalue weighted by Gasteiger charge is 2.13. The molecule has 1 amide bonds. The van der Waals surface area contributed by atoms with Gasteiger partial charge in [0.2, 0.25) is 0 Å². The average Bonchev–Trinajstić information content (AvgIpc) is 2.63. The molecule has 0 fully saturated rings. The fraction of sp³-hybridized carbons (Fsp3) is 0.545. The van der Waals surface area contributed by atoms with Crippen molar-refractivity contribution in [2.75, 3.05) is 6.61 Å². The Morgan fingerprint density at radius 2 is 2.33 bits per heavy atom. The number of thiophene rings is 1. The molecule has 0 radical (unpaired) electrons. The van der Waals surface area contributed by atoms with E-state index >= 15 is 0 Å². The van der Waals surface area contributed by atoms with Gasteiger partial charge in [0, 0.05) is 18.0 Å². The van der Waals surface area contributed by atoms with Crippen molar-refractivity contribution in [3.8, 4) is 0 Å². The summed E-state index contributed by atoms with van der Waals surface area (Å²) in [5, 5.41) is 15.6. The Morgan fingerprint density at radius 3 is 2.80 bits per heavy atom. The van der Waals surface area contributed by atoms with Crippen LogP contribution in [-0.2, 0) is 0 Å². The van der Waals surface area contributed by atoms with Crippen LogP contribution in [-0.4, -0.2) is 23.7 Å². The van der Waals surface area contributed by atoms with Gasteiger partial charge < -0.3 is 10.4 Å². The zero-order valence-corrected chi connectivity index (χ0v) is 9.93. The molecule has 84 valence electrons. The Kier molecular flexibility index (Phi) is 4.78. The Labute approximate surface area is 94.1 Å². The summed E-state index contributed by atoms with van der Waals surface area (Å²) in [5.41, 5.74) is 1.76. The van der Waals surface area contributed by atoms with Crippen molar-refractivity contribution < 1.29 is 9.90 Å². The lowest BCUT2D eigenvalue weighted by molar-refractivity contribution is 0.0929. The maximum absolute atomic E-state index is 11.8.